The van der Waals surface area contributed by atoms with E-state index in [0.29, 0.717) is 0 Å². The van der Waals surface area contributed by atoms with Gasteiger partial charge in [0, 0.05) is 0 Å². The first-order valence-corrected chi connectivity index (χ1v) is 5.33. The maximum Gasteiger partial charge on any atom is 0.413 e. The van der Waals surface area contributed by atoms with Gasteiger partial charge in [0.2, 0.25) is 0 Å². The lowest BCUT2D eigenvalue weighted by atomic mass is 10.2. The highest BCUT2D eigenvalue weighted by atomic mass is 19.1. The van der Waals surface area contributed by atoms with Gasteiger partial charge < -0.3 is 4.74 Å². The molecule has 0 saturated heterocycles. The largest absolute Gasteiger partial charge is 0.444 e. The number of nitrogens with zero attached hydrogens (tertiary/aromatic N) is 1. The summed E-state index contributed by atoms with van der Waals surface area (Å²) in [6, 6.07) is 11.9. The Morgan fingerprint density at radius 1 is 1.22 bits per heavy atom. The van der Waals surface area contributed by atoms with Crippen molar-refractivity contribution in [2.24, 2.45) is 0 Å². The minimum absolute atomic E-state index is 0.174. The van der Waals surface area contributed by atoms with E-state index in [4.69, 9.17) is 4.74 Å². The van der Waals surface area contributed by atoms with Gasteiger partial charge in [-0.1, -0.05) is 30.3 Å². The lowest BCUT2D eigenvalue weighted by Crippen LogP contribution is -2.14. The molecular formula is C13H11FN2O2. The number of benzene rings is 1. The number of aromatic nitrogens is 1. The number of hydrogen-bond donors (Lipinski definition) is 1. The minimum Gasteiger partial charge on any atom is -0.444 e. The second kappa shape index (κ2) is 5.77. The third-order valence-electron chi connectivity index (χ3n) is 2.17. The van der Waals surface area contributed by atoms with Crippen LogP contribution in [-0.2, 0) is 11.3 Å². The van der Waals surface area contributed by atoms with E-state index < -0.39 is 11.9 Å². The number of hydrogen-bond acceptors (Lipinski definition) is 3. The SMILES string of the molecule is O=C(Nc1ccc(F)cn1)OCc1ccccc1. The molecule has 0 aliphatic rings. The van der Waals surface area contributed by atoms with E-state index in [2.05, 4.69) is 10.3 Å². The predicted molar refractivity (Wildman–Crippen MR) is 64.4 cm³/mol. The molecule has 18 heavy (non-hydrogen) atoms. The molecule has 1 amide bonds. The summed E-state index contributed by atoms with van der Waals surface area (Å²) in [5.74, 6) is -0.215. The van der Waals surface area contributed by atoms with Crippen LogP contribution in [0.2, 0.25) is 0 Å². The standard InChI is InChI=1S/C13H11FN2O2/c14-11-6-7-12(15-8-11)16-13(17)18-9-10-4-2-1-3-5-10/h1-8H,9H2,(H,15,16,17). The van der Waals surface area contributed by atoms with Crippen molar-refractivity contribution in [1.82, 2.24) is 4.98 Å². The van der Waals surface area contributed by atoms with Crippen molar-refractivity contribution >= 4 is 11.9 Å². The van der Waals surface area contributed by atoms with Crippen LogP contribution in [0.25, 0.3) is 0 Å². The minimum atomic E-state index is -0.627. The molecule has 4 nitrogen and oxygen atoms in total. The zero-order valence-corrected chi connectivity index (χ0v) is 9.47. The molecular weight excluding hydrogens is 235 g/mol. The Morgan fingerprint density at radius 3 is 2.67 bits per heavy atom. The fourth-order valence-corrected chi connectivity index (χ4v) is 1.31. The fourth-order valence-electron chi connectivity index (χ4n) is 1.31. The highest BCUT2D eigenvalue weighted by Gasteiger charge is 2.04. The summed E-state index contributed by atoms with van der Waals surface area (Å²) in [7, 11) is 0. The van der Waals surface area contributed by atoms with E-state index in [-0.39, 0.29) is 12.4 Å². The molecule has 5 heteroatoms. The first-order chi connectivity index (χ1) is 8.74. The van der Waals surface area contributed by atoms with Crippen LogP contribution in [0.4, 0.5) is 15.0 Å². The summed E-state index contributed by atoms with van der Waals surface area (Å²) < 4.78 is 17.6. The van der Waals surface area contributed by atoms with Crippen molar-refractivity contribution in [2.75, 3.05) is 5.32 Å². The third-order valence-corrected chi connectivity index (χ3v) is 2.17. The summed E-state index contributed by atoms with van der Waals surface area (Å²) in [5.41, 5.74) is 0.889. The molecule has 2 rings (SSSR count). The molecule has 0 aliphatic heterocycles. The van der Waals surface area contributed by atoms with Gasteiger partial charge in [0.15, 0.2) is 0 Å². The van der Waals surface area contributed by atoms with Crippen molar-refractivity contribution in [3.8, 4) is 0 Å². The summed E-state index contributed by atoms with van der Waals surface area (Å²) in [5, 5.41) is 2.40. The average Bonchev–Trinajstić information content (AvgIpc) is 2.40. The van der Waals surface area contributed by atoms with Crippen molar-refractivity contribution < 1.29 is 13.9 Å². The molecule has 0 aliphatic carbocycles. The van der Waals surface area contributed by atoms with Gasteiger partial charge in [0.05, 0.1) is 6.20 Å². The van der Waals surface area contributed by atoms with Gasteiger partial charge in [-0.3, -0.25) is 5.32 Å². The molecule has 92 valence electrons. The second-order valence-electron chi connectivity index (χ2n) is 3.55. The first-order valence-electron chi connectivity index (χ1n) is 5.33. The van der Waals surface area contributed by atoms with Crippen LogP contribution < -0.4 is 5.32 Å². The number of pyridine rings is 1. The molecule has 0 radical (unpaired) electrons. The highest BCUT2D eigenvalue weighted by Crippen LogP contribution is 2.05. The van der Waals surface area contributed by atoms with Crippen LogP contribution in [-0.4, -0.2) is 11.1 Å². The van der Waals surface area contributed by atoms with E-state index in [1.807, 2.05) is 30.3 Å². The molecule has 1 N–H and O–H groups in total. The Labute approximate surface area is 103 Å². The second-order valence-corrected chi connectivity index (χ2v) is 3.55. The van der Waals surface area contributed by atoms with Crippen molar-refractivity contribution in [2.45, 2.75) is 6.61 Å². The number of halogens is 1. The van der Waals surface area contributed by atoms with Crippen molar-refractivity contribution in [3.63, 3.8) is 0 Å². The van der Waals surface area contributed by atoms with Crippen LogP contribution in [0.1, 0.15) is 5.56 Å². The Balaban J connectivity index is 1.84. The molecule has 1 aromatic heterocycles. The highest BCUT2D eigenvalue weighted by molar-refractivity contribution is 5.83. The topological polar surface area (TPSA) is 51.2 Å². The summed E-state index contributed by atoms with van der Waals surface area (Å²) in [6.45, 7) is 0.174. The van der Waals surface area contributed by atoms with Gasteiger partial charge in [0.25, 0.3) is 0 Å². The average molecular weight is 246 g/mol. The van der Waals surface area contributed by atoms with Crippen molar-refractivity contribution in [3.05, 3.63) is 60.0 Å². The number of ether oxygens (including phenoxy) is 1. The zero-order valence-electron chi connectivity index (χ0n) is 9.47. The lowest BCUT2D eigenvalue weighted by Gasteiger charge is -2.06. The number of carbonyl (C=O) groups is 1. The lowest BCUT2D eigenvalue weighted by molar-refractivity contribution is 0.155. The monoisotopic (exact) mass is 246 g/mol. The van der Waals surface area contributed by atoms with Gasteiger partial charge in [-0.05, 0) is 17.7 Å². The predicted octanol–water partition coefficient (Wildman–Crippen LogP) is 2.97. The van der Waals surface area contributed by atoms with Gasteiger partial charge in [-0.15, -0.1) is 0 Å². The number of carbonyl (C=O) groups excluding carboxylic acids is 1. The molecule has 1 heterocycles. The number of nitrogens with one attached hydrogen (secondary N) is 1. The van der Waals surface area contributed by atoms with Gasteiger partial charge >= 0.3 is 6.09 Å². The van der Waals surface area contributed by atoms with Gasteiger partial charge in [0.1, 0.15) is 18.2 Å². The molecule has 0 spiro atoms. The van der Waals surface area contributed by atoms with E-state index in [9.17, 15) is 9.18 Å². The van der Waals surface area contributed by atoms with Crippen LogP contribution in [0.5, 0.6) is 0 Å². The molecule has 1 aromatic carbocycles. The number of rotatable bonds is 3. The van der Waals surface area contributed by atoms with Crippen molar-refractivity contribution in [1.29, 1.82) is 0 Å². The van der Waals surface area contributed by atoms with Gasteiger partial charge in [-0.2, -0.15) is 0 Å². The summed E-state index contributed by atoms with van der Waals surface area (Å²) in [6.07, 6.45) is 0.394. The molecule has 0 fully saturated rings. The van der Waals surface area contributed by atoms with E-state index >= 15 is 0 Å². The smallest absolute Gasteiger partial charge is 0.413 e. The van der Waals surface area contributed by atoms with Crippen LogP contribution in [0.3, 0.4) is 0 Å². The van der Waals surface area contributed by atoms with Crippen LogP contribution in [0.15, 0.2) is 48.7 Å². The number of amides is 1. The van der Waals surface area contributed by atoms with Crippen LogP contribution >= 0.6 is 0 Å². The normalized spacial score (nSPS) is 9.83. The summed E-state index contributed by atoms with van der Waals surface area (Å²) >= 11 is 0. The maximum absolute atomic E-state index is 12.6. The fraction of sp³-hybridized carbons (Fsp3) is 0.0769. The molecule has 2 aromatic rings. The Hall–Kier alpha value is -2.43. The Kier molecular flexibility index (Phi) is 3.86. The Morgan fingerprint density at radius 2 is 2.00 bits per heavy atom. The van der Waals surface area contributed by atoms with E-state index in [0.717, 1.165) is 11.8 Å². The van der Waals surface area contributed by atoms with E-state index in [1.165, 1.54) is 12.1 Å². The molecule has 0 saturated carbocycles. The first kappa shape index (κ1) is 12.0. The Bertz CT molecular complexity index is 514. The summed E-state index contributed by atoms with van der Waals surface area (Å²) in [4.78, 5) is 15.1. The maximum atomic E-state index is 12.6. The van der Waals surface area contributed by atoms with Crippen LogP contribution in [0, 0.1) is 5.82 Å². The number of anilines is 1. The third kappa shape index (κ3) is 3.55. The quantitative estimate of drug-likeness (QED) is 0.905. The molecule has 0 bridgehead atoms. The molecule has 0 unspecified atom stereocenters. The van der Waals surface area contributed by atoms with Gasteiger partial charge in [-0.25, -0.2) is 14.2 Å². The zero-order chi connectivity index (χ0) is 12.8. The molecule has 0 atom stereocenters. The van der Waals surface area contributed by atoms with E-state index in [1.54, 1.807) is 0 Å².